The summed E-state index contributed by atoms with van der Waals surface area (Å²) in [5, 5.41) is 0. The number of rotatable bonds is 1. The number of ether oxygens (including phenoxy) is 1. The summed E-state index contributed by atoms with van der Waals surface area (Å²) in [6.45, 7) is 0. The summed E-state index contributed by atoms with van der Waals surface area (Å²) in [5.41, 5.74) is 1.55. The smallest absolute Gasteiger partial charge is 0.340 e. The first-order chi connectivity index (χ1) is 6.33. The molecule has 4 heteroatoms. The van der Waals surface area contributed by atoms with E-state index >= 15 is 0 Å². The monoisotopic (exact) mass is 177 g/mol. The van der Waals surface area contributed by atoms with Crippen molar-refractivity contribution in [1.29, 1.82) is 0 Å². The highest BCUT2D eigenvalue weighted by Gasteiger charge is 2.11. The zero-order valence-corrected chi connectivity index (χ0v) is 6.98. The van der Waals surface area contributed by atoms with Gasteiger partial charge in [-0.25, -0.2) is 9.78 Å². The van der Waals surface area contributed by atoms with E-state index in [1.54, 1.807) is 18.2 Å². The summed E-state index contributed by atoms with van der Waals surface area (Å²) in [6, 6.07) is 5.12. The summed E-state index contributed by atoms with van der Waals surface area (Å²) in [4.78, 5) is 15.1. The Kier molecular flexibility index (Phi) is 1.73. The lowest BCUT2D eigenvalue weighted by molar-refractivity contribution is 0.0603. The molecule has 4 nitrogen and oxygen atoms in total. The first kappa shape index (κ1) is 7.79. The van der Waals surface area contributed by atoms with Crippen molar-refractivity contribution < 1.29 is 13.9 Å². The zero-order chi connectivity index (χ0) is 9.26. The standard InChI is InChI=1S/C9H7NO3/c1-12-9(11)6-3-2-4-7-8(6)10-5-13-7/h2-5H,1H3. The fraction of sp³-hybridized carbons (Fsp3) is 0.111. The van der Waals surface area contributed by atoms with Gasteiger partial charge in [0.2, 0.25) is 0 Å². The van der Waals surface area contributed by atoms with E-state index < -0.39 is 5.97 Å². The molecule has 1 aromatic heterocycles. The molecule has 2 rings (SSSR count). The van der Waals surface area contributed by atoms with E-state index in [9.17, 15) is 4.79 Å². The Morgan fingerprint density at radius 2 is 2.38 bits per heavy atom. The lowest BCUT2D eigenvalue weighted by Gasteiger charge is -1.97. The minimum atomic E-state index is -0.403. The van der Waals surface area contributed by atoms with Crippen molar-refractivity contribution in [2.75, 3.05) is 7.11 Å². The quantitative estimate of drug-likeness (QED) is 0.621. The molecule has 1 heterocycles. The molecular weight excluding hydrogens is 170 g/mol. The van der Waals surface area contributed by atoms with E-state index in [-0.39, 0.29) is 0 Å². The van der Waals surface area contributed by atoms with Crippen molar-refractivity contribution in [2.24, 2.45) is 0 Å². The first-order valence-corrected chi connectivity index (χ1v) is 3.73. The van der Waals surface area contributed by atoms with Crippen LogP contribution in [-0.4, -0.2) is 18.1 Å². The Morgan fingerprint density at radius 1 is 1.54 bits per heavy atom. The van der Waals surface area contributed by atoms with Crippen LogP contribution < -0.4 is 0 Å². The third-order valence-corrected chi connectivity index (χ3v) is 1.77. The van der Waals surface area contributed by atoms with Crippen LogP contribution in [0.3, 0.4) is 0 Å². The van der Waals surface area contributed by atoms with Gasteiger partial charge in [0, 0.05) is 0 Å². The minimum Gasteiger partial charge on any atom is -0.465 e. The van der Waals surface area contributed by atoms with Crippen LogP contribution in [0.1, 0.15) is 10.4 Å². The number of hydrogen-bond acceptors (Lipinski definition) is 4. The SMILES string of the molecule is COC(=O)c1cccc2ocnc12. The van der Waals surface area contributed by atoms with E-state index in [0.29, 0.717) is 16.7 Å². The number of esters is 1. The molecule has 0 fully saturated rings. The van der Waals surface area contributed by atoms with Crippen LogP contribution in [0.25, 0.3) is 11.1 Å². The maximum absolute atomic E-state index is 11.2. The fourth-order valence-electron chi connectivity index (χ4n) is 1.16. The first-order valence-electron chi connectivity index (χ1n) is 3.73. The highest BCUT2D eigenvalue weighted by atomic mass is 16.5. The Bertz CT molecular complexity index is 447. The number of nitrogens with zero attached hydrogens (tertiary/aromatic N) is 1. The largest absolute Gasteiger partial charge is 0.465 e. The van der Waals surface area contributed by atoms with Gasteiger partial charge in [0.15, 0.2) is 12.0 Å². The van der Waals surface area contributed by atoms with Crippen LogP contribution in [0.2, 0.25) is 0 Å². The number of para-hydroxylation sites is 1. The number of carbonyl (C=O) groups is 1. The number of fused-ring (bicyclic) bond motifs is 1. The molecule has 0 N–H and O–H groups in total. The van der Waals surface area contributed by atoms with E-state index in [1.165, 1.54) is 13.5 Å². The molecule has 0 spiro atoms. The minimum absolute atomic E-state index is 0.403. The van der Waals surface area contributed by atoms with Gasteiger partial charge in [-0.05, 0) is 12.1 Å². The fourth-order valence-corrected chi connectivity index (χ4v) is 1.16. The maximum atomic E-state index is 11.2. The van der Waals surface area contributed by atoms with Crippen LogP contribution in [0, 0.1) is 0 Å². The van der Waals surface area contributed by atoms with Crippen LogP contribution in [0.5, 0.6) is 0 Å². The molecule has 2 aromatic rings. The summed E-state index contributed by atoms with van der Waals surface area (Å²) < 4.78 is 9.63. The molecule has 0 unspecified atom stereocenters. The van der Waals surface area contributed by atoms with Crippen LogP contribution >= 0.6 is 0 Å². The van der Waals surface area contributed by atoms with Crippen LogP contribution in [0.15, 0.2) is 29.0 Å². The van der Waals surface area contributed by atoms with Gasteiger partial charge < -0.3 is 9.15 Å². The average Bonchev–Trinajstić information content (AvgIpc) is 2.63. The Labute approximate surface area is 74.1 Å². The Morgan fingerprint density at radius 3 is 3.15 bits per heavy atom. The van der Waals surface area contributed by atoms with E-state index in [4.69, 9.17) is 4.42 Å². The molecule has 66 valence electrons. The van der Waals surface area contributed by atoms with Crippen molar-refractivity contribution in [1.82, 2.24) is 4.98 Å². The number of benzene rings is 1. The zero-order valence-electron chi connectivity index (χ0n) is 6.98. The lowest BCUT2D eigenvalue weighted by atomic mass is 10.2. The predicted molar refractivity (Wildman–Crippen MR) is 45.3 cm³/mol. The molecular formula is C9H7NO3. The lowest BCUT2D eigenvalue weighted by Crippen LogP contribution is -2.01. The number of hydrogen-bond donors (Lipinski definition) is 0. The van der Waals surface area contributed by atoms with Gasteiger partial charge in [-0.15, -0.1) is 0 Å². The summed E-state index contributed by atoms with van der Waals surface area (Å²) in [7, 11) is 1.33. The third-order valence-electron chi connectivity index (χ3n) is 1.77. The highest BCUT2D eigenvalue weighted by Crippen LogP contribution is 2.17. The van der Waals surface area contributed by atoms with E-state index in [0.717, 1.165) is 0 Å². The summed E-state index contributed by atoms with van der Waals surface area (Å²) >= 11 is 0. The van der Waals surface area contributed by atoms with Crippen molar-refractivity contribution >= 4 is 17.1 Å². The summed E-state index contributed by atoms with van der Waals surface area (Å²) in [6.07, 6.45) is 1.30. The molecule has 0 saturated carbocycles. The Hall–Kier alpha value is -1.84. The molecule has 1 aromatic carbocycles. The molecule has 13 heavy (non-hydrogen) atoms. The van der Waals surface area contributed by atoms with Gasteiger partial charge >= 0.3 is 5.97 Å². The molecule has 0 saturated heterocycles. The topological polar surface area (TPSA) is 52.3 Å². The molecule has 0 bridgehead atoms. The van der Waals surface area contributed by atoms with Gasteiger partial charge in [0.1, 0.15) is 5.52 Å². The van der Waals surface area contributed by atoms with Crippen molar-refractivity contribution in [3.05, 3.63) is 30.2 Å². The van der Waals surface area contributed by atoms with Gasteiger partial charge in [-0.3, -0.25) is 0 Å². The van der Waals surface area contributed by atoms with Crippen LogP contribution in [-0.2, 0) is 4.74 Å². The summed E-state index contributed by atoms with van der Waals surface area (Å²) in [5.74, 6) is -0.403. The predicted octanol–water partition coefficient (Wildman–Crippen LogP) is 1.61. The van der Waals surface area contributed by atoms with E-state index in [2.05, 4.69) is 9.72 Å². The van der Waals surface area contributed by atoms with Crippen molar-refractivity contribution in [3.8, 4) is 0 Å². The number of carbonyl (C=O) groups excluding carboxylic acids is 1. The second-order valence-electron chi connectivity index (χ2n) is 2.50. The second-order valence-corrected chi connectivity index (χ2v) is 2.50. The molecule has 0 radical (unpaired) electrons. The van der Waals surface area contributed by atoms with Gasteiger partial charge in [0.05, 0.1) is 12.7 Å². The average molecular weight is 177 g/mol. The maximum Gasteiger partial charge on any atom is 0.340 e. The normalized spacial score (nSPS) is 10.2. The van der Waals surface area contributed by atoms with Crippen molar-refractivity contribution in [3.63, 3.8) is 0 Å². The molecule has 0 aliphatic carbocycles. The Balaban J connectivity index is 2.67. The number of methoxy groups -OCH3 is 1. The van der Waals surface area contributed by atoms with Crippen molar-refractivity contribution in [2.45, 2.75) is 0 Å². The number of oxazole rings is 1. The van der Waals surface area contributed by atoms with E-state index in [1.807, 2.05) is 0 Å². The molecule has 0 amide bonds. The third kappa shape index (κ3) is 1.16. The molecule has 0 atom stereocenters. The second kappa shape index (κ2) is 2.90. The molecule has 0 aliphatic rings. The van der Waals surface area contributed by atoms with Gasteiger partial charge in [-0.2, -0.15) is 0 Å². The van der Waals surface area contributed by atoms with Crippen LogP contribution in [0.4, 0.5) is 0 Å². The number of aromatic nitrogens is 1. The molecule has 0 aliphatic heterocycles. The van der Waals surface area contributed by atoms with Gasteiger partial charge in [0.25, 0.3) is 0 Å². The highest BCUT2D eigenvalue weighted by molar-refractivity contribution is 6.01. The van der Waals surface area contributed by atoms with Gasteiger partial charge in [-0.1, -0.05) is 6.07 Å².